The molecule has 0 bridgehead atoms. The number of piperidine rings is 2. The van der Waals surface area contributed by atoms with Gasteiger partial charge in [0.15, 0.2) is 11.6 Å². The molecule has 0 aliphatic carbocycles. The third kappa shape index (κ3) is 15.8. The summed E-state index contributed by atoms with van der Waals surface area (Å²) in [5.41, 5.74) is 13.3. The van der Waals surface area contributed by atoms with Crippen LogP contribution in [-0.2, 0) is 20.0 Å². The van der Waals surface area contributed by atoms with Crippen LogP contribution in [0.25, 0.3) is 0 Å². The number of carbonyl (C=O) groups is 2. The molecule has 6 N–H and O–H groups in total. The topological polar surface area (TPSA) is 203 Å². The SMILES string of the molecule is COc1cc(N)c(Cl)cc1C(=O)CCC1CCN(CCNS(C)(=O)=O)CC1.COc1cc(N)c(Cl)cc1C(=O)CCC1CCN(CCNS(C)(=O)=O)CC1. The van der Waals surface area contributed by atoms with E-state index < -0.39 is 20.0 Å². The minimum Gasteiger partial charge on any atom is -0.496 e. The van der Waals surface area contributed by atoms with Gasteiger partial charge in [0.25, 0.3) is 0 Å². The highest BCUT2D eigenvalue weighted by Gasteiger charge is 2.23. The number of nitrogens with zero attached hydrogens (tertiary/aromatic N) is 2. The number of hydrogen-bond donors (Lipinski definition) is 4. The van der Waals surface area contributed by atoms with E-state index in [1.807, 2.05) is 0 Å². The summed E-state index contributed by atoms with van der Waals surface area (Å²) in [6.07, 6.45) is 8.88. The highest BCUT2D eigenvalue weighted by Crippen LogP contribution is 2.32. The first-order valence-corrected chi connectivity index (χ1v) is 22.6. The van der Waals surface area contributed by atoms with Crippen LogP contribution in [0.3, 0.4) is 0 Å². The van der Waals surface area contributed by atoms with E-state index in [0.29, 0.717) is 94.9 Å². The molecule has 2 aliphatic rings. The number of anilines is 2. The Balaban J connectivity index is 0.000000290. The lowest BCUT2D eigenvalue weighted by Gasteiger charge is -2.31. The Morgan fingerprint density at radius 1 is 0.685 bits per heavy atom. The van der Waals surface area contributed by atoms with Crippen molar-refractivity contribution in [2.75, 3.05) is 90.6 Å². The van der Waals surface area contributed by atoms with Crippen molar-refractivity contribution in [2.45, 2.75) is 51.4 Å². The summed E-state index contributed by atoms with van der Waals surface area (Å²) in [7, 11) is -3.25. The number of ketones is 2. The molecule has 2 aromatic rings. The monoisotopic (exact) mass is 834 g/mol. The molecule has 0 aromatic heterocycles. The first kappa shape index (κ1) is 45.7. The molecule has 4 rings (SSSR count). The Kier molecular flexibility index (Phi) is 18.2. The van der Waals surface area contributed by atoms with E-state index in [-0.39, 0.29) is 11.6 Å². The molecule has 2 fully saturated rings. The van der Waals surface area contributed by atoms with Gasteiger partial charge >= 0.3 is 0 Å². The number of nitrogens with one attached hydrogen (secondary N) is 2. The number of ether oxygens (including phenoxy) is 2. The number of likely N-dealkylation sites (tertiary alicyclic amines) is 2. The van der Waals surface area contributed by atoms with Gasteiger partial charge in [-0.2, -0.15) is 0 Å². The van der Waals surface area contributed by atoms with Crippen molar-refractivity contribution < 1.29 is 35.9 Å². The van der Waals surface area contributed by atoms with Gasteiger partial charge in [0.1, 0.15) is 11.5 Å². The number of nitrogens with two attached hydrogens (primary N) is 2. The van der Waals surface area contributed by atoms with Crippen LogP contribution in [0.4, 0.5) is 11.4 Å². The Morgan fingerprint density at radius 3 is 1.31 bits per heavy atom. The summed E-state index contributed by atoms with van der Waals surface area (Å²) in [5.74, 6) is 1.90. The maximum absolute atomic E-state index is 12.6. The zero-order valence-electron chi connectivity index (χ0n) is 31.7. The molecule has 0 unspecified atom stereocenters. The average molecular weight is 836 g/mol. The molecule has 18 heteroatoms. The van der Waals surface area contributed by atoms with Gasteiger partial charge in [-0.05, 0) is 88.7 Å². The number of carbonyl (C=O) groups excluding carboxylic acids is 2. The number of nitrogen functional groups attached to an aromatic ring is 2. The number of halogens is 2. The van der Waals surface area contributed by atoms with E-state index in [9.17, 15) is 26.4 Å². The third-order valence-corrected chi connectivity index (χ3v) is 11.9. The van der Waals surface area contributed by atoms with Crippen molar-refractivity contribution in [3.05, 3.63) is 45.4 Å². The highest BCUT2D eigenvalue weighted by molar-refractivity contribution is 7.89. The third-order valence-electron chi connectivity index (χ3n) is 9.80. The predicted octanol–water partition coefficient (Wildman–Crippen LogP) is 4.31. The minimum absolute atomic E-state index is 0.00790. The van der Waals surface area contributed by atoms with Gasteiger partial charge in [0.2, 0.25) is 20.0 Å². The highest BCUT2D eigenvalue weighted by atomic mass is 35.5. The van der Waals surface area contributed by atoms with E-state index in [1.54, 1.807) is 24.3 Å². The van der Waals surface area contributed by atoms with Crippen LogP contribution in [0.2, 0.25) is 10.0 Å². The van der Waals surface area contributed by atoms with Crippen molar-refractivity contribution in [3.63, 3.8) is 0 Å². The van der Waals surface area contributed by atoms with E-state index in [0.717, 1.165) is 64.7 Å². The van der Waals surface area contributed by atoms with Crippen molar-refractivity contribution >= 4 is 66.2 Å². The molecular formula is C36H56Cl2N6O8S2. The molecule has 304 valence electrons. The fourth-order valence-electron chi connectivity index (χ4n) is 6.63. The van der Waals surface area contributed by atoms with Crippen LogP contribution in [-0.4, -0.2) is 117 Å². The average Bonchev–Trinajstić information content (AvgIpc) is 3.11. The number of rotatable bonds is 18. The normalized spacial score (nSPS) is 16.4. The molecule has 14 nitrogen and oxygen atoms in total. The summed E-state index contributed by atoms with van der Waals surface area (Å²) >= 11 is 12.1. The molecule has 2 heterocycles. The van der Waals surface area contributed by atoms with Gasteiger partial charge in [-0.15, -0.1) is 0 Å². The molecule has 2 aromatic carbocycles. The number of sulfonamides is 2. The lowest BCUT2D eigenvalue weighted by Crippen LogP contribution is -2.39. The number of methoxy groups -OCH3 is 2. The maximum atomic E-state index is 12.6. The molecule has 0 saturated carbocycles. The Labute approximate surface area is 330 Å². The molecule has 0 spiro atoms. The molecule has 54 heavy (non-hydrogen) atoms. The van der Waals surface area contributed by atoms with Gasteiger partial charge in [-0.3, -0.25) is 9.59 Å². The quantitative estimate of drug-likeness (QED) is 0.123. The van der Waals surface area contributed by atoms with Crippen LogP contribution >= 0.6 is 23.2 Å². The number of hydrogen-bond acceptors (Lipinski definition) is 12. The summed E-state index contributed by atoms with van der Waals surface area (Å²) < 4.78 is 59.9. The van der Waals surface area contributed by atoms with Gasteiger partial charge in [0, 0.05) is 51.2 Å². The van der Waals surface area contributed by atoms with Gasteiger partial charge in [-0.25, -0.2) is 26.3 Å². The minimum atomic E-state index is -3.13. The zero-order valence-corrected chi connectivity index (χ0v) is 34.8. The van der Waals surface area contributed by atoms with Crippen molar-refractivity contribution in [1.82, 2.24) is 19.2 Å². The smallest absolute Gasteiger partial charge is 0.208 e. The Morgan fingerprint density at radius 2 is 1.02 bits per heavy atom. The lowest BCUT2D eigenvalue weighted by molar-refractivity contribution is 0.0952. The number of benzene rings is 2. The first-order valence-electron chi connectivity index (χ1n) is 18.1. The fraction of sp³-hybridized carbons (Fsp3) is 0.611. The first-order chi connectivity index (χ1) is 25.4. The summed E-state index contributed by atoms with van der Waals surface area (Å²) in [6.45, 7) is 5.95. The van der Waals surface area contributed by atoms with Crippen LogP contribution in [0.1, 0.15) is 72.1 Å². The summed E-state index contributed by atoms with van der Waals surface area (Å²) in [5, 5.41) is 0.713. The van der Waals surface area contributed by atoms with Crippen molar-refractivity contribution in [1.29, 1.82) is 0 Å². The molecule has 2 saturated heterocycles. The second-order valence-corrected chi connectivity index (χ2v) is 18.5. The number of Topliss-reactive ketones (excluding diaryl/α,β-unsaturated/α-hetero) is 2. The second-order valence-electron chi connectivity index (χ2n) is 14.0. The molecule has 0 radical (unpaired) electrons. The molecule has 2 aliphatic heterocycles. The van der Waals surface area contributed by atoms with Gasteiger partial charge < -0.3 is 30.7 Å². The van der Waals surface area contributed by atoms with Gasteiger partial charge in [-0.1, -0.05) is 23.2 Å². The fourth-order valence-corrected chi connectivity index (χ4v) is 7.88. The maximum Gasteiger partial charge on any atom is 0.208 e. The van der Waals surface area contributed by atoms with Crippen LogP contribution < -0.4 is 30.4 Å². The molecule has 0 atom stereocenters. The van der Waals surface area contributed by atoms with E-state index in [1.165, 1.54) is 26.7 Å². The summed E-state index contributed by atoms with van der Waals surface area (Å²) in [6, 6.07) is 6.32. The van der Waals surface area contributed by atoms with Crippen LogP contribution in [0.5, 0.6) is 11.5 Å². The summed E-state index contributed by atoms with van der Waals surface area (Å²) in [4.78, 5) is 29.6. The Hall–Kier alpha value is -2.70. The predicted molar refractivity (Wildman–Crippen MR) is 216 cm³/mol. The van der Waals surface area contributed by atoms with Crippen molar-refractivity contribution in [2.24, 2.45) is 11.8 Å². The van der Waals surface area contributed by atoms with E-state index >= 15 is 0 Å². The molecular weight excluding hydrogens is 779 g/mol. The lowest BCUT2D eigenvalue weighted by atomic mass is 9.90. The van der Waals surface area contributed by atoms with Gasteiger partial charge in [0.05, 0.1) is 59.3 Å². The standard InChI is InChI=1S/2C18H28ClN3O4S/c2*1-26-18-12-16(20)15(19)11-14(18)17(23)4-3-13-5-8-22(9-6-13)10-7-21-27(2,24)25/h2*11-13,21H,3-10,20H2,1-2H3. The van der Waals surface area contributed by atoms with E-state index in [2.05, 4.69) is 19.2 Å². The van der Waals surface area contributed by atoms with Crippen molar-refractivity contribution in [3.8, 4) is 11.5 Å². The van der Waals surface area contributed by atoms with Crippen LogP contribution in [0, 0.1) is 11.8 Å². The second kappa shape index (κ2) is 21.6. The van der Waals surface area contributed by atoms with Crippen LogP contribution in [0.15, 0.2) is 24.3 Å². The zero-order chi connectivity index (χ0) is 40.1. The van der Waals surface area contributed by atoms with E-state index in [4.69, 9.17) is 44.1 Å². The Bertz CT molecular complexity index is 1650. The molecule has 0 amide bonds. The largest absolute Gasteiger partial charge is 0.496 e.